The number of hydrogen-bond acceptors (Lipinski definition) is 3. The smallest absolute Gasteiger partial charge is 0.343 e. The fourth-order valence-electron chi connectivity index (χ4n) is 11.8. The Morgan fingerprint density at radius 1 is 0.596 bits per heavy atom. The molecule has 5 heterocycles. The Balaban J connectivity index is 1.26. The van der Waals surface area contributed by atoms with Gasteiger partial charge in [-0.1, -0.05) is 91.8 Å². The zero-order chi connectivity index (χ0) is 39.3. The largest absolute Gasteiger partial charge is 0.454 e. The minimum absolute atomic E-state index is 0.00140. The Hall–Kier alpha value is -4.74. The normalized spacial score (nSPS) is 19.3. The molecule has 2 aliphatic carbocycles. The van der Waals surface area contributed by atoms with Crippen molar-refractivity contribution in [3.05, 3.63) is 112 Å². The van der Waals surface area contributed by atoms with E-state index in [-0.39, 0.29) is 28.5 Å². The zero-order valence-corrected chi connectivity index (χ0v) is 35.9. The number of nitrogens with zero attached hydrogens (tertiary/aromatic N) is 2. The molecule has 0 spiro atoms. The van der Waals surface area contributed by atoms with Crippen LogP contribution in [0.2, 0.25) is 0 Å². The average molecular weight is 763 g/mol. The number of benzene rings is 5. The third kappa shape index (κ3) is 4.29. The quantitative estimate of drug-likeness (QED) is 0.155. The molecule has 0 bridgehead atoms. The monoisotopic (exact) mass is 762 g/mol. The first-order valence-electron chi connectivity index (χ1n) is 21.2. The van der Waals surface area contributed by atoms with E-state index in [2.05, 4.69) is 157 Å². The maximum Gasteiger partial charge on any atom is 0.343 e. The lowest BCUT2D eigenvalue weighted by Crippen LogP contribution is -2.55. The molecule has 12 rings (SSSR count). The summed E-state index contributed by atoms with van der Waals surface area (Å²) in [4.78, 5) is 2.73. The predicted molar refractivity (Wildman–Crippen MR) is 245 cm³/mol. The van der Waals surface area contributed by atoms with Crippen LogP contribution >= 0.6 is 11.3 Å². The van der Waals surface area contributed by atoms with E-state index in [9.17, 15) is 0 Å². The van der Waals surface area contributed by atoms with Gasteiger partial charge in [-0.2, -0.15) is 0 Å². The number of thiophene rings is 1. The fourth-order valence-corrected chi connectivity index (χ4v) is 13.1. The molecule has 3 aromatic heterocycles. The highest BCUT2D eigenvalue weighted by atomic mass is 32.1. The Kier molecular flexibility index (Phi) is 6.41. The lowest BCUT2D eigenvalue weighted by atomic mass is 9.48. The van der Waals surface area contributed by atoms with E-state index in [1.165, 1.54) is 129 Å². The van der Waals surface area contributed by atoms with Gasteiger partial charge in [0.05, 0.1) is 11.2 Å². The van der Waals surface area contributed by atoms with E-state index in [0.29, 0.717) is 0 Å². The molecule has 5 aromatic carbocycles. The van der Waals surface area contributed by atoms with Crippen LogP contribution in [0.1, 0.15) is 114 Å². The maximum atomic E-state index is 6.82. The van der Waals surface area contributed by atoms with Gasteiger partial charge in [-0.05, 0) is 148 Å². The molecular formula is C52H51BN2OS. The molecule has 2 aliphatic heterocycles. The topological polar surface area (TPSA) is 21.3 Å². The van der Waals surface area contributed by atoms with Crippen molar-refractivity contribution >= 4 is 88.5 Å². The van der Waals surface area contributed by atoms with Crippen LogP contribution in [0.3, 0.4) is 0 Å². The highest BCUT2D eigenvalue weighted by Gasteiger charge is 2.47. The fraction of sp³-hybridized carbons (Fsp3) is 0.346. The van der Waals surface area contributed by atoms with Gasteiger partial charge in [0.25, 0.3) is 0 Å². The summed E-state index contributed by atoms with van der Waals surface area (Å²) in [6.07, 6.45) is 4.80. The molecule has 0 atom stereocenters. The molecule has 0 saturated carbocycles. The number of para-hydroxylation sites is 2. The summed E-state index contributed by atoms with van der Waals surface area (Å²) in [6, 6.07) is 30.9. The maximum absolute atomic E-state index is 6.82. The van der Waals surface area contributed by atoms with Gasteiger partial charge in [-0.25, -0.2) is 0 Å². The summed E-state index contributed by atoms with van der Waals surface area (Å²) in [5.74, 6) is 0. The number of fused-ring (bicyclic) bond motifs is 13. The molecule has 8 aromatic rings. The lowest BCUT2D eigenvalue weighted by Gasteiger charge is -2.44. The summed E-state index contributed by atoms with van der Waals surface area (Å²) >= 11 is 2.03. The molecule has 3 nitrogen and oxygen atoms in total. The molecular weight excluding hydrogens is 711 g/mol. The highest BCUT2D eigenvalue weighted by Crippen LogP contribution is 2.55. The molecule has 57 heavy (non-hydrogen) atoms. The molecule has 0 fully saturated rings. The second-order valence-electron chi connectivity index (χ2n) is 20.8. The molecule has 4 aliphatic rings. The van der Waals surface area contributed by atoms with E-state index in [0.717, 1.165) is 11.2 Å². The Labute approximate surface area is 340 Å². The SMILES string of the molecule is Cc1cc2c3c(c1)N(c1cc4c(cc1C)C(C)(C)CCC4(C)C)c1c(sc4cc5c(cc14)C(C)(C)CCC5(C)C)B3n1c3c-2cccc3c2oc3ccccc3c21. The number of hydrogen-bond donors (Lipinski definition) is 0. The third-order valence-electron chi connectivity index (χ3n) is 15.2. The van der Waals surface area contributed by atoms with Crippen molar-refractivity contribution in [1.29, 1.82) is 0 Å². The van der Waals surface area contributed by atoms with E-state index in [4.69, 9.17) is 4.42 Å². The first kappa shape index (κ1) is 34.3. The molecule has 0 N–H and O–H groups in total. The molecule has 0 unspecified atom stereocenters. The van der Waals surface area contributed by atoms with Crippen LogP contribution in [-0.4, -0.2) is 11.3 Å². The van der Waals surface area contributed by atoms with Crippen LogP contribution in [0.25, 0.3) is 54.2 Å². The van der Waals surface area contributed by atoms with Gasteiger partial charge in [-0.3, -0.25) is 0 Å². The van der Waals surface area contributed by atoms with Crippen LogP contribution in [0.15, 0.2) is 83.3 Å². The van der Waals surface area contributed by atoms with Crippen LogP contribution in [0.4, 0.5) is 17.1 Å². The summed E-state index contributed by atoms with van der Waals surface area (Å²) in [6.45, 7) is 24.4. The van der Waals surface area contributed by atoms with Gasteiger partial charge in [-0.15, -0.1) is 11.3 Å². The van der Waals surface area contributed by atoms with Gasteiger partial charge in [0.2, 0.25) is 0 Å². The number of aromatic nitrogens is 1. The Morgan fingerprint density at radius 2 is 1.23 bits per heavy atom. The van der Waals surface area contributed by atoms with Crippen LogP contribution in [0.5, 0.6) is 0 Å². The Bertz CT molecular complexity index is 3130. The van der Waals surface area contributed by atoms with Crippen molar-refractivity contribution in [1.82, 2.24) is 4.48 Å². The zero-order valence-electron chi connectivity index (χ0n) is 35.1. The van der Waals surface area contributed by atoms with E-state index in [1.54, 1.807) is 0 Å². The highest BCUT2D eigenvalue weighted by molar-refractivity contribution is 7.32. The van der Waals surface area contributed by atoms with Gasteiger partial charge >= 0.3 is 6.85 Å². The van der Waals surface area contributed by atoms with E-state index < -0.39 is 0 Å². The minimum Gasteiger partial charge on any atom is -0.454 e. The van der Waals surface area contributed by atoms with Crippen molar-refractivity contribution in [2.45, 2.75) is 117 Å². The van der Waals surface area contributed by atoms with E-state index >= 15 is 0 Å². The van der Waals surface area contributed by atoms with Crippen LogP contribution in [-0.2, 0) is 21.7 Å². The number of aryl methyl sites for hydroxylation is 2. The second-order valence-corrected chi connectivity index (χ2v) is 21.8. The van der Waals surface area contributed by atoms with Crippen molar-refractivity contribution in [3.8, 4) is 11.1 Å². The number of furan rings is 1. The van der Waals surface area contributed by atoms with Crippen molar-refractivity contribution in [2.75, 3.05) is 4.90 Å². The third-order valence-corrected chi connectivity index (χ3v) is 16.4. The number of rotatable bonds is 1. The first-order valence-corrected chi connectivity index (χ1v) is 22.0. The first-order chi connectivity index (χ1) is 27.1. The summed E-state index contributed by atoms with van der Waals surface area (Å²) < 4.78 is 12.3. The van der Waals surface area contributed by atoms with E-state index in [1.807, 2.05) is 11.3 Å². The standard InChI is InChI=1S/C52H51BN2OS/c1-28-22-33-30-15-13-16-32-44(30)55(45-31-14-11-12-17-41(31)56-47(32)45)53-43(33)40(23-28)54(39-26-37-35(24-29(39)2)49(3,4)18-20-51(37,7)8)46-34-25-36-38(27-42(34)57-48(46)53)52(9,10)21-19-50(36,5)6/h11-17,22-27H,18-21H2,1-10H3. The average Bonchev–Trinajstić information content (AvgIpc) is 3.83. The van der Waals surface area contributed by atoms with Gasteiger partial charge < -0.3 is 13.8 Å². The summed E-state index contributed by atoms with van der Waals surface area (Å²) in [5, 5.41) is 3.78. The van der Waals surface area contributed by atoms with Crippen molar-refractivity contribution in [3.63, 3.8) is 0 Å². The molecule has 0 amide bonds. The molecule has 5 heteroatoms. The summed E-state index contributed by atoms with van der Waals surface area (Å²) in [5.41, 5.74) is 21.7. The van der Waals surface area contributed by atoms with Gasteiger partial charge in [0.15, 0.2) is 5.58 Å². The second kappa shape index (κ2) is 10.7. The molecule has 0 radical (unpaired) electrons. The molecule has 284 valence electrons. The minimum atomic E-state index is 0.00140. The lowest BCUT2D eigenvalue weighted by molar-refractivity contribution is 0.332. The summed E-state index contributed by atoms with van der Waals surface area (Å²) in [7, 11) is 0. The van der Waals surface area contributed by atoms with Crippen molar-refractivity contribution in [2.24, 2.45) is 0 Å². The molecule has 0 saturated heterocycles. The van der Waals surface area contributed by atoms with Crippen LogP contribution in [0, 0.1) is 13.8 Å². The predicted octanol–water partition coefficient (Wildman–Crippen LogP) is 13.5. The number of anilines is 3. The van der Waals surface area contributed by atoms with Crippen LogP contribution < -0.4 is 15.1 Å². The van der Waals surface area contributed by atoms with Gasteiger partial charge in [0, 0.05) is 48.1 Å². The van der Waals surface area contributed by atoms with Gasteiger partial charge in [0.1, 0.15) is 5.58 Å². The Morgan fingerprint density at radius 3 is 1.95 bits per heavy atom. The van der Waals surface area contributed by atoms with Crippen molar-refractivity contribution < 1.29 is 4.42 Å².